The lowest BCUT2D eigenvalue weighted by molar-refractivity contribution is -0.135. The monoisotopic (exact) mass is 1040 g/mol. The van der Waals surface area contributed by atoms with Crippen LogP contribution in [0, 0.1) is 0 Å². The summed E-state index contributed by atoms with van der Waals surface area (Å²) in [4.78, 5) is 174. The van der Waals surface area contributed by atoms with Crippen LogP contribution in [-0.4, -0.2) is 164 Å². The Morgan fingerprint density at radius 3 is 1.20 bits per heavy atom. The number of benzene rings is 3. The van der Waals surface area contributed by atoms with Crippen molar-refractivity contribution in [1.82, 2.24) is 83.1 Å². The number of carbonyl (C=O) groups excluding carboxylic acids is 11. The van der Waals surface area contributed by atoms with Gasteiger partial charge in [0.2, 0.25) is 47.3 Å². The van der Waals surface area contributed by atoms with Crippen LogP contribution in [-0.2, 0) is 38.4 Å². The number of aromatic nitrogens is 6. The van der Waals surface area contributed by atoms with Crippen molar-refractivity contribution in [2.24, 2.45) is 11.5 Å². The van der Waals surface area contributed by atoms with Crippen LogP contribution in [0.1, 0.15) is 37.9 Å². The van der Waals surface area contributed by atoms with Gasteiger partial charge in [-0.2, -0.15) is 0 Å². The van der Waals surface area contributed by atoms with Gasteiger partial charge in [0, 0.05) is 26.2 Å². The van der Waals surface area contributed by atoms with Crippen molar-refractivity contribution < 1.29 is 52.7 Å². The second-order valence-electron chi connectivity index (χ2n) is 16.6. The highest BCUT2D eigenvalue weighted by Gasteiger charge is 2.33. The number of hydrogen-bond donors (Lipinski definition) is 12. The largest absolute Gasteiger partial charge is 0.368 e. The molecule has 0 spiro atoms. The van der Waals surface area contributed by atoms with E-state index < -0.39 is 141 Å². The van der Waals surface area contributed by atoms with Crippen molar-refractivity contribution in [2.75, 3.05) is 39.3 Å². The SMILES string of the molecule is NCC1NC(=O)C[C@@H](C(N)=O)NC(=O)C(CNC(=O)c2cnc3ccccc3n2)NC(=O)C(CNC(=O)c2cnc3ccccc3n2)NC(=O)CNC(=O)C(CNC(=O)c2cnc3ccccc3n2)NC(=O)CNC1=O. The summed E-state index contributed by atoms with van der Waals surface area (Å²) in [6.07, 6.45) is 2.61. The molecule has 0 bridgehead atoms. The molecule has 76 heavy (non-hydrogen) atoms. The van der Waals surface area contributed by atoms with E-state index in [4.69, 9.17) is 11.5 Å². The second-order valence-corrected chi connectivity index (χ2v) is 16.6. The predicted octanol–water partition coefficient (Wildman–Crippen LogP) is -5.39. The first-order chi connectivity index (χ1) is 36.5. The molecule has 6 aromatic rings. The van der Waals surface area contributed by atoms with Crippen molar-refractivity contribution in [3.63, 3.8) is 0 Å². The van der Waals surface area contributed by atoms with Crippen LogP contribution in [0.5, 0.6) is 0 Å². The Bertz CT molecular complexity index is 3270. The van der Waals surface area contributed by atoms with E-state index in [2.05, 4.69) is 83.1 Å². The van der Waals surface area contributed by atoms with Gasteiger partial charge < -0.3 is 64.6 Å². The maximum absolute atomic E-state index is 14.3. The molecule has 0 radical (unpaired) electrons. The molecule has 4 unspecified atom stereocenters. The Kier molecular flexibility index (Phi) is 17.6. The van der Waals surface area contributed by atoms with Crippen LogP contribution in [0.3, 0.4) is 0 Å². The zero-order valence-corrected chi connectivity index (χ0v) is 39.8. The van der Waals surface area contributed by atoms with Crippen LogP contribution in [0.25, 0.3) is 33.1 Å². The molecule has 1 aliphatic heterocycles. The molecular formula is C47H48N18O11. The van der Waals surface area contributed by atoms with E-state index in [1.807, 2.05) is 0 Å². The number of nitrogens with two attached hydrogens (primary N) is 2. The first kappa shape index (κ1) is 53.6. The third-order valence-electron chi connectivity index (χ3n) is 11.2. The number of nitrogens with one attached hydrogen (secondary N) is 10. The summed E-state index contributed by atoms with van der Waals surface area (Å²) < 4.78 is 0. The van der Waals surface area contributed by atoms with E-state index in [-0.39, 0.29) is 17.1 Å². The zero-order chi connectivity index (χ0) is 54.3. The fraction of sp³-hybridized carbons (Fsp3) is 0.255. The number of nitrogens with zero attached hydrogens (tertiary/aromatic N) is 6. The van der Waals surface area contributed by atoms with E-state index >= 15 is 0 Å². The lowest BCUT2D eigenvalue weighted by atomic mass is 10.1. The molecule has 4 heterocycles. The van der Waals surface area contributed by atoms with Crippen LogP contribution in [0.4, 0.5) is 0 Å². The van der Waals surface area contributed by atoms with Crippen molar-refractivity contribution in [3.05, 3.63) is 108 Å². The third-order valence-corrected chi connectivity index (χ3v) is 11.2. The zero-order valence-electron chi connectivity index (χ0n) is 39.8. The predicted molar refractivity (Wildman–Crippen MR) is 264 cm³/mol. The van der Waals surface area contributed by atoms with E-state index in [0.717, 1.165) is 6.20 Å². The minimum absolute atomic E-state index is 0.155. The maximum atomic E-state index is 14.3. The molecule has 0 saturated carbocycles. The molecule has 5 atom stereocenters. The van der Waals surface area contributed by atoms with Crippen molar-refractivity contribution in [3.8, 4) is 0 Å². The van der Waals surface area contributed by atoms with Gasteiger partial charge in [-0.1, -0.05) is 36.4 Å². The van der Waals surface area contributed by atoms with Crippen LogP contribution >= 0.6 is 0 Å². The van der Waals surface area contributed by atoms with Gasteiger partial charge in [-0.25, -0.2) is 15.0 Å². The average Bonchev–Trinajstić information content (AvgIpc) is 3.42. The lowest BCUT2D eigenvalue weighted by Crippen LogP contribution is -2.62. The highest BCUT2D eigenvalue weighted by molar-refractivity contribution is 6.00. The summed E-state index contributed by atoms with van der Waals surface area (Å²) in [5.74, 6) is -11.4. The molecule has 392 valence electrons. The normalized spacial score (nSPS) is 19.4. The Morgan fingerprint density at radius 1 is 0.461 bits per heavy atom. The molecule has 1 fully saturated rings. The van der Waals surface area contributed by atoms with Gasteiger partial charge in [0.25, 0.3) is 17.7 Å². The molecule has 11 amide bonds. The molecule has 1 aliphatic rings. The highest BCUT2D eigenvalue weighted by Crippen LogP contribution is 2.11. The van der Waals surface area contributed by atoms with Gasteiger partial charge in [-0.05, 0) is 36.4 Å². The topological polar surface area (TPSA) is 437 Å². The summed E-state index contributed by atoms with van der Waals surface area (Å²) in [5, 5.41) is 23.5. The quantitative estimate of drug-likeness (QED) is 0.0576. The van der Waals surface area contributed by atoms with Crippen LogP contribution in [0.15, 0.2) is 91.4 Å². The molecule has 7 rings (SSSR count). The van der Waals surface area contributed by atoms with Gasteiger partial charge >= 0.3 is 0 Å². The number of primary amides is 1. The maximum Gasteiger partial charge on any atom is 0.271 e. The first-order valence-corrected chi connectivity index (χ1v) is 23.1. The number of para-hydroxylation sites is 6. The number of amides is 11. The Labute approximate surface area is 428 Å². The van der Waals surface area contributed by atoms with Crippen LogP contribution in [0.2, 0.25) is 0 Å². The summed E-state index contributed by atoms with van der Waals surface area (Å²) in [5.41, 5.74) is 13.3. The van der Waals surface area contributed by atoms with Gasteiger partial charge in [-0.15, -0.1) is 0 Å². The summed E-state index contributed by atoms with van der Waals surface area (Å²) >= 11 is 0. The van der Waals surface area contributed by atoms with Gasteiger partial charge in [0.05, 0.1) is 71.2 Å². The summed E-state index contributed by atoms with van der Waals surface area (Å²) in [6, 6.07) is 11.3. The van der Waals surface area contributed by atoms with Crippen molar-refractivity contribution in [2.45, 2.75) is 36.6 Å². The molecule has 3 aromatic heterocycles. The van der Waals surface area contributed by atoms with Gasteiger partial charge in [-0.3, -0.25) is 67.7 Å². The smallest absolute Gasteiger partial charge is 0.271 e. The molecule has 29 heteroatoms. The van der Waals surface area contributed by atoms with Crippen molar-refractivity contribution >= 4 is 98.1 Å². The number of carbonyl (C=O) groups is 11. The van der Waals surface area contributed by atoms with E-state index in [1.54, 1.807) is 72.8 Å². The Morgan fingerprint density at radius 2 is 0.803 bits per heavy atom. The average molecular weight is 1040 g/mol. The molecule has 1 saturated heterocycles. The minimum atomic E-state index is -1.85. The van der Waals surface area contributed by atoms with Gasteiger partial charge in [0.15, 0.2) is 0 Å². The van der Waals surface area contributed by atoms with E-state index in [9.17, 15) is 52.7 Å². The van der Waals surface area contributed by atoms with Crippen LogP contribution < -0.4 is 64.6 Å². The molecule has 29 nitrogen and oxygen atoms in total. The number of fused-ring (bicyclic) bond motifs is 3. The molecule has 0 aliphatic carbocycles. The number of rotatable bonds is 11. The molecule has 14 N–H and O–H groups in total. The standard InChI is InChI=1S/C47H48N18O11/c48-14-30-41(70)56-21-38(67)62-34(18-53-42(71)31-15-50-23-7-1-4-10-26(23)58-31)45(74)57-22-39(68)63-35(19-54-43(72)32-16-51-24-8-2-5-11-27(24)59-32)46(75)65-36(47(76)64-29(40(49)69)13-37(66)61-30)20-55-44(73)33-17-52-25-9-3-6-12-28(25)60-33/h1-12,15-17,29-30,34-36H,13-14,18-22,48H2,(H2,49,69)(H,53,71)(H,54,72)(H,55,73)(H,56,70)(H,57,74)(H,61,66)(H,62,67)(H,63,68)(H,64,76)(H,65,75)/t29-,30?,34?,35?,36?/m0/s1. The molecule has 3 aromatic carbocycles. The third kappa shape index (κ3) is 14.3. The first-order valence-electron chi connectivity index (χ1n) is 23.1. The Balaban J connectivity index is 1.16. The Hall–Kier alpha value is -10.2. The second kappa shape index (κ2) is 25.0. The fourth-order valence-electron chi connectivity index (χ4n) is 7.19. The lowest BCUT2D eigenvalue weighted by Gasteiger charge is -2.26. The number of hydrogen-bond acceptors (Lipinski definition) is 18. The summed E-state index contributed by atoms with van der Waals surface area (Å²) in [7, 11) is 0. The van der Waals surface area contributed by atoms with Crippen molar-refractivity contribution in [1.29, 1.82) is 0 Å². The minimum Gasteiger partial charge on any atom is -0.368 e. The van der Waals surface area contributed by atoms with E-state index in [1.165, 1.54) is 12.4 Å². The summed E-state index contributed by atoms with van der Waals surface area (Å²) in [6.45, 7) is -4.36. The van der Waals surface area contributed by atoms with E-state index in [0.29, 0.717) is 33.1 Å². The molecular weight excluding hydrogens is 993 g/mol. The van der Waals surface area contributed by atoms with Gasteiger partial charge in [0.1, 0.15) is 47.3 Å². The highest BCUT2D eigenvalue weighted by atomic mass is 16.2. The fourth-order valence-corrected chi connectivity index (χ4v) is 7.19.